The van der Waals surface area contributed by atoms with Gasteiger partial charge in [-0.05, 0) is 12.5 Å². The van der Waals surface area contributed by atoms with Crippen LogP contribution in [-0.2, 0) is 30.2 Å². The molecule has 24 heavy (non-hydrogen) atoms. The van der Waals surface area contributed by atoms with E-state index in [-0.39, 0.29) is 27.6 Å². The molecule has 1 rings (SSSR count). The van der Waals surface area contributed by atoms with Crippen molar-refractivity contribution in [3.05, 3.63) is 27.2 Å². The molecule has 0 saturated carbocycles. The number of rotatable bonds is 6. The zero-order valence-corrected chi connectivity index (χ0v) is 14.7. The molecule has 132 valence electrons. The first-order valence-corrected chi connectivity index (χ1v) is 7.65. The highest BCUT2D eigenvalue weighted by atomic mass is 35.5. The lowest BCUT2D eigenvalue weighted by atomic mass is 10.2. The lowest BCUT2D eigenvalue weighted by Gasteiger charge is -2.15. The molecule has 0 fully saturated rings. The van der Waals surface area contributed by atoms with Gasteiger partial charge in [0.2, 0.25) is 11.2 Å². The number of halogens is 2. The molecule has 1 N–H and O–H groups in total. The number of thiophene rings is 1. The summed E-state index contributed by atoms with van der Waals surface area (Å²) in [7, 11) is 2.30. The fraction of sp³-hybridized carbons (Fsp3) is 0.357. The Morgan fingerprint density at radius 3 is 2.46 bits per heavy atom. The number of carbonyl (C=O) groups is 3. The van der Waals surface area contributed by atoms with Crippen LogP contribution in [0.15, 0.2) is 12.2 Å². The lowest BCUT2D eigenvalue weighted by molar-refractivity contribution is -0.148. The monoisotopic (exact) mass is 379 g/mol. The summed E-state index contributed by atoms with van der Waals surface area (Å²) in [5.74, 6) is -1.44. The van der Waals surface area contributed by atoms with Gasteiger partial charge in [-0.25, -0.2) is 9.59 Å². The van der Waals surface area contributed by atoms with Crippen molar-refractivity contribution in [1.29, 1.82) is 0 Å². The second kappa shape index (κ2) is 8.65. The van der Waals surface area contributed by atoms with Gasteiger partial charge in [0.1, 0.15) is 5.69 Å². The van der Waals surface area contributed by atoms with E-state index in [0.29, 0.717) is 11.3 Å². The maximum atomic E-state index is 13.9. The van der Waals surface area contributed by atoms with E-state index in [1.54, 1.807) is 0 Å². The zero-order chi connectivity index (χ0) is 18.4. The van der Waals surface area contributed by atoms with Crippen molar-refractivity contribution in [2.24, 2.45) is 0 Å². The van der Waals surface area contributed by atoms with Gasteiger partial charge in [0.15, 0.2) is 0 Å². The summed E-state index contributed by atoms with van der Waals surface area (Å²) in [6.07, 6.45) is -2.72. The van der Waals surface area contributed by atoms with Crippen LogP contribution in [-0.4, -0.2) is 38.4 Å². The molecular weight excluding hydrogens is 365 g/mol. The SMILES string of the molecule is C=C(C)C(OC(=O)Nc1c(F)sc(CC(=O)OC)c1Cl)C(=O)OC. The molecule has 0 aliphatic heterocycles. The number of methoxy groups -OCH3 is 2. The van der Waals surface area contributed by atoms with Gasteiger partial charge < -0.3 is 14.2 Å². The number of amides is 1. The maximum Gasteiger partial charge on any atom is 0.412 e. The van der Waals surface area contributed by atoms with Gasteiger partial charge in [-0.1, -0.05) is 18.2 Å². The van der Waals surface area contributed by atoms with E-state index in [0.717, 1.165) is 7.11 Å². The minimum absolute atomic E-state index is 0.148. The van der Waals surface area contributed by atoms with Crippen LogP contribution in [0.2, 0.25) is 5.02 Å². The Labute approximate surface area is 146 Å². The highest BCUT2D eigenvalue weighted by molar-refractivity contribution is 7.11. The average Bonchev–Trinajstić information content (AvgIpc) is 2.78. The van der Waals surface area contributed by atoms with Gasteiger partial charge in [0.05, 0.1) is 25.7 Å². The topological polar surface area (TPSA) is 90.9 Å². The molecule has 1 aromatic heterocycles. The lowest BCUT2D eigenvalue weighted by Crippen LogP contribution is -2.31. The standard InChI is InChI=1S/C14H15ClFNO6S/c1-6(2)11(13(19)22-4)23-14(20)17-10-9(15)7(24-12(10)16)5-8(18)21-3/h11H,1,5H2,2-4H3,(H,17,20). The molecule has 7 nitrogen and oxygen atoms in total. The van der Waals surface area contributed by atoms with Crippen LogP contribution >= 0.6 is 22.9 Å². The second-order valence-electron chi connectivity index (χ2n) is 4.52. The van der Waals surface area contributed by atoms with E-state index >= 15 is 0 Å². The van der Waals surface area contributed by atoms with Crippen molar-refractivity contribution in [3.8, 4) is 0 Å². The summed E-state index contributed by atoms with van der Waals surface area (Å²) in [6, 6.07) is 0. The number of esters is 2. The number of hydrogen-bond donors (Lipinski definition) is 1. The Hall–Kier alpha value is -2.13. The smallest absolute Gasteiger partial charge is 0.412 e. The van der Waals surface area contributed by atoms with Crippen molar-refractivity contribution >= 4 is 46.7 Å². The number of carbonyl (C=O) groups excluding carboxylic acids is 3. The largest absolute Gasteiger partial charge is 0.469 e. The van der Waals surface area contributed by atoms with E-state index in [4.69, 9.17) is 16.3 Å². The quantitative estimate of drug-likeness (QED) is 0.464. The summed E-state index contributed by atoms with van der Waals surface area (Å²) in [5, 5.41) is 1.13. The van der Waals surface area contributed by atoms with E-state index < -0.39 is 29.3 Å². The van der Waals surface area contributed by atoms with Crippen LogP contribution in [0.3, 0.4) is 0 Å². The number of ether oxygens (including phenoxy) is 3. The summed E-state index contributed by atoms with van der Waals surface area (Å²) in [5.41, 5.74) is -0.129. The van der Waals surface area contributed by atoms with Gasteiger partial charge >= 0.3 is 18.0 Å². The van der Waals surface area contributed by atoms with Gasteiger partial charge in [0, 0.05) is 4.88 Å². The summed E-state index contributed by atoms with van der Waals surface area (Å²) in [6.45, 7) is 4.97. The fourth-order valence-corrected chi connectivity index (χ4v) is 2.77. The average molecular weight is 380 g/mol. The van der Waals surface area contributed by atoms with Crippen LogP contribution < -0.4 is 5.32 Å². The molecule has 0 bridgehead atoms. The molecule has 0 aliphatic rings. The molecule has 1 unspecified atom stereocenters. The highest BCUT2D eigenvalue weighted by Gasteiger charge is 2.27. The van der Waals surface area contributed by atoms with E-state index in [1.165, 1.54) is 14.0 Å². The van der Waals surface area contributed by atoms with Crippen molar-refractivity contribution in [2.45, 2.75) is 19.4 Å². The first-order chi connectivity index (χ1) is 11.2. The third-order valence-corrected chi connectivity index (χ3v) is 4.23. The number of hydrogen-bond acceptors (Lipinski definition) is 7. The Bertz CT molecular complexity index is 674. The highest BCUT2D eigenvalue weighted by Crippen LogP contribution is 2.36. The summed E-state index contributed by atoms with van der Waals surface area (Å²) >= 11 is 6.53. The second-order valence-corrected chi connectivity index (χ2v) is 5.95. The first-order valence-electron chi connectivity index (χ1n) is 6.45. The van der Waals surface area contributed by atoms with Crippen LogP contribution in [0.4, 0.5) is 14.9 Å². The minimum Gasteiger partial charge on any atom is -0.469 e. The predicted molar refractivity (Wildman–Crippen MR) is 85.7 cm³/mol. The van der Waals surface area contributed by atoms with Gasteiger partial charge in [0.25, 0.3) is 0 Å². The fourth-order valence-electron chi connectivity index (χ4n) is 1.55. The third-order valence-electron chi connectivity index (χ3n) is 2.72. The Balaban J connectivity index is 2.89. The minimum atomic E-state index is -1.34. The molecule has 10 heteroatoms. The number of anilines is 1. The van der Waals surface area contributed by atoms with E-state index in [2.05, 4.69) is 21.4 Å². The molecule has 0 aliphatic carbocycles. The molecule has 1 amide bonds. The molecule has 1 heterocycles. The van der Waals surface area contributed by atoms with E-state index in [1.807, 2.05) is 0 Å². The molecule has 0 saturated heterocycles. The normalized spacial score (nSPS) is 11.4. The molecule has 0 aromatic carbocycles. The number of nitrogens with one attached hydrogen (secondary N) is 1. The Morgan fingerprint density at radius 1 is 1.33 bits per heavy atom. The van der Waals surface area contributed by atoms with Gasteiger partial charge in [-0.3, -0.25) is 10.1 Å². The predicted octanol–water partition coefficient (Wildman–Crippen LogP) is 2.92. The molecular formula is C14H15ClFNO6S. The zero-order valence-electron chi connectivity index (χ0n) is 13.1. The van der Waals surface area contributed by atoms with Crippen LogP contribution in [0.25, 0.3) is 0 Å². The van der Waals surface area contributed by atoms with Crippen LogP contribution in [0.5, 0.6) is 0 Å². The Morgan fingerprint density at radius 2 is 1.96 bits per heavy atom. The van der Waals surface area contributed by atoms with Crippen molar-refractivity contribution in [1.82, 2.24) is 0 Å². The van der Waals surface area contributed by atoms with Crippen LogP contribution in [0.1, 0.15) is 11.8 Å². The van der Waals surface area contributed by atoms with Crippen molar-refractivity contribution in [3.63, 3.8) is 0 Å². The van der Waals surface area contributed by atoms with Crippen molar-refractivity contribution in [2.75, 3.05) is 19.5 Å². The van der Waals surface area contributed by atoms with Gasteiger partial charge in [-0.15, -0.1) is 11.3 Å². The molecule has 1 atom stereocenters. The molecule has 0 spiro atoms. The maximum absolute atomic E-state index is 13.9. The summed E-state index contributed by atoms with van der Waals surface area (Å²) in [4.78, 5) is 34.8. The van der Waals surface area contributed by atoms with Crippen LogP contribution in [0, 0.1) is 5.13 Å². The van der Waals surface area contributed by atoms with Crippen molar-refractivity contribution < 1.29 is 33.0 Å². The molecule has 1 aromatic rings. The Kier molecular flexibility index (Phi) is 7.18. The van der Waals surface area contributed by atoms with E-state index in [9.17, 15) is 18.8 Å². The molecule has 0 radical (unpaired) electrons. The first kappa shape index (κ1) is 19.9. The summed E-state index contributed by atoms with van der Waals surface area (Å²) < 4.78 is 27.7. The third kappa shape index (κ3) is 4.93. The van der Waals surface area contributed by atoms with Gasteiger partial charge in [-0.2, -0.15) is 4.39 Å².